The first-order chi connectivity index (χ1) is 12.6. The minimum atomic E-state index is -2.91. The molecule has 26 heavy (non-hydrogen) atoms. The third-order valence-electron chi connectivity index (χ3n) is 4.16. The van der Waals surface area contributed by atoms with Crippen molar-refractivity contribution in [3.8, 4) is 22.6 Å². The Morgan fingerprint density at radius 1 is 1.27 bits per heavy atom. The molecule has 2 aromatic rings. The van der Waals surface area contributed by atoms with E-state index in [0.717, 1.165) is 23.1 Å². The molecule has 1 saturated heterocycles. The molecule has 8 heteroatoms. The normalized spacial score (nSPS) is 17.0. The van der Waals surface area contributed by atoms with E-state index in [4.69, 9.17) is 9.39 Å². The van der Waals surface area contributed by atoms with Crippen LogP contribution in [0.1, 0.15) is 24.8 Å². The van der Waals surface area contributed by atoms with Gasteiger partial charge in [-0.15, -0.1) is 0 Å². The van der Waals surface area contributed by atoms with Gasteiger partial charge in [-0.2, -0.15) is 8.78 Å². The fourth-order valence-electron chi connectivity index (χ4n) is 2.88. The van der Waals surface area contributed by atoms with E-state index in [0.29, 0.717) is 19.5 Å². The number of aromatic nitrogens is 1. The van der Waals surface area contributed by atoms with Gasteiger partial charge in [0, 0.05) is 30.5 Å². The molecule has 0 spiro atoms. The second-order valence-corrected chi connectivity index (χ2v) is 6.12. The number of nitrogens with zero attached hydrogens (tertiary/aromatic N) is 1. The lowest BCUT2D eigenvalue weighted by Crippen LogP contribution is -2.07. The molecule has 3 rings (SSSR count). The maximum atomic E-state index is 12.6. The van der Waals surface area contributed by atoms with Crippen LogP contribution in [-0.2, 0) is 4.65 Å². The van der Waals surface area contributed by atoms with Crippen molar-refractivity contribution in [1.82, 2.24) is 4.98 Å². The SMILES string of the molecule is CCCOc1cc(-c2cncc([C@H]3COB(O)C3)c2)ccc1OC(F)F. The van der Waals surface area contributed by atoms with Crippen LogP contribution >= 0.6 is 0 Å². The van der Waals surface area contributed by atoms with E-state index in [1.807, 2.05) is 13.0 Å². The van der Waals surface area contributed by atoms with Crippen molar-refractivity contribution in [3.63, 3.8) is 0 Å². The van der Waals surface area contributed by atoms with Crippen LogP contribution in [-0.4, -0.2) is 37.0 Å². The molecule has 138 valence electrons. The van der Waals surface area contributed by atoms with Crippen molar-refractivity contribution in [2.45, 2.75) is 32.2 Å². The average Bonchev–Trinajstić information content (AvgIpc) is 3.07. The Morgan fingerprint density at radius 2 is 2.12 bits per heavy atom. The highest BCUT2D eigenvalue weighted by Crippen LogP contribution is 2.35. The fourth-order valence-corrected chi connectivity index (χ4v) is 2.88. The monoisotopic (exact) mass is 363 g/mol. The highest BCUT2D eigenvalue weighted by Gasteiger charge is 2.30. The van der Waals surface area contributed by atoms with Crippen LogP contribution in [0.3, 0.4) is 0 Å². The van der Waals surface area contributed by atoms with E-state index in [1.165, 1.54) is 6.07 Å². The smallest absolute Gasteiger partial charge is 0.454 e. The van der Waals surface area contributed by atoms with Gasteiger partial charge >= 0.3 is 13.7 Å². The number of hydrogen-bond acceptors (Lipinski definition) is 5. The van der Waals surface area contributed by atoms with E-state index in [9.17, 15) is 13.8 Å². The topological polar surface area (TPSA) is 60.8 Å². The molecule has 1 aromatic heterocycles. The van der Waals surface area contributed by atoms with Gasteiger partial charge in [-0.1, -0.05) is 13.0 Å². The molecule has 1 atom stereocenters. The molecule has 0 aliphatic carbocycles. The first-order valence-electron chi connectivity index (χ1n) is 8.53. The van der Waals surface area contributed by atoms with Crippen LogP contribution in [0, 0.1) is 0 Å². The predicted molar refractivity (Wildman–Crippen MR) is 93.6 cm³/mol. The average molecular weight is 363 g/mol. The lowest BCUT2D eigenvalue weighted by atomic mass is 9.80. The summed E-state index contributed by atoms with van der Waals surface area (Å²) >= 11 is 0. The molecule has 2 heterocycles. The Balaban J connectivity index is 1.88. The van der Waals surface area contributed by atoms with Gasteiger partial charge in [-0.05, 0) is 42.1 Å². The standard InChI is InChI=1S/C18H20BF2NO4/c1-2-5-24-17-7-12(3-4-16(17)26-18(20)21)13-6-14(10-22-9-13)15-8-19(23)25-11-15/h3-4,6-7,9-10,15,18,23H,2,5,8,11H2,1H3/t15-/m1/s1. The molecule has 0 amide bonds. The summed E-state index contributed by atoms with van der Waals surface area (Å²) in [6, 6.07) is 6.80. The summed E-state index contributed by atoms with van der Waals surface area (Å²) < 4.78 is 40.5. The second kappa shape index (κ2) is 8.46. The first kappa shape index (κ1) is 18.6. The maximum absolute atomic E-state index is 12.6. The van der Waals surface area contributed by atoms with E-state index in [1.54, 1.807) is 24.5 Å². The number of benzene rings is 1. The molecular weight excluding hydrogens is 343 g/mol. The second-order valence-electron chi connectivity index (χ2n) is 6.12. The Hall–Kier alpha value is -2.19. The first-order valence-corrected chi connectivity index (χ1v) is 8.53. The predicted octanol–water partition coefficient (Wildman–Crippen LogP) is 3.73. The van der Waals surface area contributed by atoms with Crippen LogP contribution in [0.5, 0.6) is 11.5 Å². The van der Waals surface area contributed by atoms with Crippen LogP contribution in [0.4, 0.5) is 8.78 Å². The largest absolute Gasteiger partial charge is 0.490 e. The van der Waals surface area contributed by atoms with Crippen LogP contribution in [0.2, 0.25) is 6.32 Å². The van der Waals surface area contributed by atoms with Crippen LogP contribution < -0.4 is 9.47 Å². The van der Waals surface area contributed by atoms with E-state index >= 15 is 0 Å². The van der Waals surface area contributed by atoms with Crippen molar-refractivity contribution in [2.75, 3.05) is 13.2 Å². The van der Waals surface area contributed by atoms with Crippen molar-refractivity contribution in [3.05, 3.63) is 42.2 Å². The number of halogens is 2. The Bertz CT molecular complexity index is 747. The molecule has 1 fully saturated rings. The van der Waals surface area contributed by atoms with Gasteiger partial charge in [0.2, 0.25) is 0 Å². The molecule has 0 bridgehead atoms. The number of pyridine rings is 1. The van der Waals surface area contributed by atoms with Crippen molar-refractivity contribution >= 4 is 7.12 Å². The molecule has 1 aromatic carbocycles. The molecule has 0 unspecified atom stereocenters. The van der Waals surface area contributed by atoms with Gasteiger partial charge in [0.15, 0.2) is 11.5 Å². The molecule has 0 saturated carbocycles. The lowest BCUT2D eigenvalue weighted by molar-refractivity contribution is -0.0514. The van der Waals surface area contributed by atoms with Gasteiger partial charge in [-0.25, -0.2) is 0 Å². The Morgan fingerprint density at radius 3 is 2.81 bits per heavy atom. The molecule has 1 aliphatic heterocycles. The van der Waals surface area contributed by atoms with E-state index in [-0.39, 0.29) is 17.4 Å². The number of ether oxygens (including phenoxy) is 2. The number of hydrogen-bond donors (Lipinski definition) is 1. The zero-order valence-corrected chi connectivity index (χ0v) is 14.4. The lowest BCUT2D eigenvalue weighted by Gasteiger charge is -2.14. The van der Waals surface area contributed by atoms with Crippen molar-refractivity contribution in [2.24, 2.45) is 0 Å². The highest BCUT2D eigenvalue weighted by atomic mass is 19.3. The van der Waals surface area contributed by atoms with Gasteiger partial charge < -0.3 is 19.2 Å². The quantitative estimate of drug-likeness (QED) is 0.760. The molecular formula is C18H20BF2NO4. The number of alkyl halides is 2. The van der Waals surface area contributed by atoms with Crippen LogP contribution in [0.15, 0.2) is 36.7 Å². The molecule has 5 nitrogen and oxygen atoms in total. The highest BCUT2D eigenvalue weighted by molar-refractivity contribution is 6.43. The third-order valence-corrected chi connectivity index (χ3v) is 4.16. The molecule has 1 aliphatic rings. The maximum Gasteiger partial charge on any atom is 0.454 e. The van der Waals surface area contributed by atoms with Gasteiger partial charge in [0.1, 0.15) is 0 Å². The van der Waals surface area contributed by atoms with Crippen molar-refractivity contribution in [1.29, 1.82) is 0 Å². The summed E-state index contributed by atoms with van der Waals surface area (Å²) in [7, 11) is -0.747. The van der Waals surface area contributed by atoms with Gasteiger partial charge in [-0.3, -0.25) is 4.98 Å². The summed E-state index contributed by atoms with van der Waals surface area (Å²) in [5.74, 6) is 0.359. The van der Waals surface area contributed by atoms with Gasteiger partial charge in [0.05, 0.1) is 6.61 Å². The fraction of sp³-hybridized carbons (Fsp3) is 0.389. The van der Waals surface area contributed by atoms with E-state index in [2.05, 4.69) is 9.72 Å². The number of rotatable bonds is 7. The summed E-state index contributed by atoms with van der Waals surface area (Å²) in [4.78, 5) is 4.26. The summed E-state index contributed by atoms with van der Waals surface area (Å²) in [5, 5.41) is 9.53. The third kappa shape index (κ3) is 4.50. The van der Waals surface area contributed by atoms with Crippen LogP contribution in [0.25, 0.3) is 11.1 Å². The molecule has 0 radical (unpaired) electrons. The summed E-state index contributed by atoms with van der Waals surface area (Å²) in [5.41, 5.74) is 2.57. The Labute approximate surface area is 151 Å². The summed E-state index contributed by atoms with van der Waals surface area (Å²) in [6.45, 7) is -0.136. The minimum Gasteiger partial charge on any atom is -0.490 e. The summed E-state index contributed by atoms with van der Waals surface area (Å²) in [6.07, 6.45) is 4.72. The minimum absolute atomic E-state index is 0.00799. The Kier molecular flexibility index (Phi) is 6.06. The van der Waals surface area contributed by atoms with Crippen molar-refractivity contribution < 1.29 is 27.9 Å². The zero-order chi connectivity index (χ0) is 18.5. The van der Waals surface area contributed by atoms with Gasteiger partial charge in [0.25, 0.3) is 0 Å². The molecule has 1 N–H and O–H groups in total. The van der Waals surface area contributed by atoms with E-state index < -0.39 is 13.7 Å². The zero-order valence-electron chi connectivity index (χ0n) is 14.4.